The minimum Gasteiger partial charge on any atom is -0.505 e. The molecule has 1 aromatic heterocycles. The van der Waals surface area contributed by atoms with Gasteiger partial charge < -0.3 is 19.6 Å². The van der Waals surface area contributed by atoms with E-state index in [0.717, 1.165) is 5.39 Å². The number of benzene rings is 2. The number of esters is 1. The Morgan fingerprint density at radius 1 is 1.12 bits per heavy atom. The number of ether oxygens (including phenoxy) is 1. The number of para-hydroxylation sites is 2. The molecule has 2 aromatic carbocycles. The van der Waals surface area contributed by atoms with E-state index in [1.54, 1.807) is 13.0 Å². The number of anilines is 1. The van der Waals surface area contributed by atoms with Gasteiger partial charge in [-0.15, -0.1) is 0 Å². The molecule has 0 fully saturated rings. The van der Waals surface area contributed by atoms with E-state index in [1.807, 2.05) is 18.2 Å². The van der Waals surface area contributed by atoms with Crippen LogP contribution in [0.1, 0.15) is 26.5 Å². The van der Waals surface area contributed by atoms with E-state index in [9.17, 15) is 14.7 Å². The molecular weight excluding hydrogens is 310 g/mol. The standard InChI is InChI=1S/C18H15NO5/c1-10-11-6-3-4-9-14(11)24-16(10)17(21)19-13-8-5-7-12(15(13)20)18(22)23-2/h3-9,20H,1-2H3,(H,19,21). The van der Waals surface area contributed by atoms with Gasteiger partial charge in [0, 0.05) is 10.9 Å². The molecule has 0 bridgehead atoms. The topological polar surface area (TPSA) is 88.8 Å². The van der Waals surface area contributed by atoms with Crippen molar-refractivity contribution in [2.24, 2.45) is 0 Å². The molecule has 0 unspecified atom stereocenters. The third-order valence-electron chi connectivity index (χ3n) is 3.74. The van der Waals surface area contributed by atoms with Gasteiger partial charge in [-0.1, -0.05) is 24.3 Å². The quantitative estimate of drug-likeness (QED) is 0.568. The Morgan fingerprint density at radius 2 is 1.88 bits per heavy atom. The Kier molecular flexibility index (Phi) is 3.95. The maximum absolute atomic E-state index is 12.5. The Hall–Kier alpha value is -3.28. The van der Waals surface area contributed by atoms with Gasteiger partial charge in [0.25, 0.3) is 5.91 Å². The number of nitrogens with one attached hydrogen (secondary N) is 1. The van der Waals surface area contributed by atoms with Gasteiger partial charge in [-0.05, 0) is 25.1 Å². The van der Waals surface area contributed by atoms with E-state index in [-0.39, 0.29) is 22.8 Å². The number of amides is 1. The van der Waals surface area contributed by atoms with Crippen LogP contribution in [-0.2, 0) is 4.74 Å². The van der Waals surface area contributed by atoms with Gasteiger partial charge >= 0.3 is 5.97 Å². The van der Waals surface area contributed by atoms with Crippen LogP contribution < -0.4 is 5.32 Å². The number of aryl methyl sites for hydroxylation is 1. The maximum Gasteiger partial charge on any atom is 0.341 e. The summed E-state index contributed by atoms with van der Waals surface area (Å²) in [5.74, 6) is -1.41. The van der Waals surface area contributed by atoms with Crippen LogP contribution in [0.2, 0.25) is 0 Å². The van der Waals surface area contributed by atoms with E-state index in [4.69, 9.17) is 4.42 Å². The minimum atomic E-state index is -0.691. The average molecular weight is 325 g/mol. The third-order valence-corrected chi connectivity index (χ3v) is 3.74. The number of rotatable bonds is 3. The summed E-state index contributed by atoms with van der Waals surface area (Å²) in [4.78, 5) is 24.1. The highest BCUT2D eigenvalue weighted by atomic mass is 16.5. The van der Waals surface area contributed by atoms with Gasteiger partial charge in [-0.3, -0.25) is 4.79 Å². The molecule has 1 amide bonds. The highest BCUT2D eigenvalue weighted by molar-refractivity contribution is 6.08. The predicted octanol–water partition coefficient (Wildman–Crippen LogP) is 3.49. The molecule has 122 valence electrons. The zero-order chi connectivity index (χ0) is 17.3. The molecule has 6 nitrogen and oxygen atoms in total. The molecule has 1 heterocycles. The molecule has 0 atom stereocenters. The molecule has 3 aromatic rings. The molecule has 2 N–H and O–H groups in total. The van der Waals surface area contributed by atoms with Gasteiger partial charge in [-0.25, -0.2) is 4.79 Å². The second-order valence-electron chi connectivity index (χ2n) is 5.20. The average Bonchev–Trinajstić information content (AvgIpc) is 2.93. The lowest BCUT2D eigenvalue weighted by Crippen LogP contribution is -2.13. The van der Waals surface area contributed by atoms with Gasteiger partial charge in [0.05, 0.1) is 12.8 Å². The summed E-state index contributed by atoms with van der Waals surface area (Å²) in [5.41, 5.74) is 1.37. The Balaban J connectivity index is 1.95. The second kappa shape index (κ2) is 6.08. The fourth-order valence-corrected chi connectivity index (χ4v) is 2.49. The number of phenols is 1. The van der Waals surface area contributed by atoms with Crippen molar-refractivity contribution in [3.05, 3.63) is 59.4 Å². The summed E-state index contributed by atoms with van der Waals surface area (Å²) in [6.45, 7) is 1.78. The van der Waals surface area contributed by atoms with Crippen molar-refractivity contribution in [2.75, 3.05) is 12.4 Å². The summed E-state index contributed by atoms with van der Waals surface area (Å²) < 4.78 is 10.2. The summed E-state index contributed by atoms with van der Waals surface area (Å²) in [6, 6.07) is 11.7. The van der Waals surface area contributed by atoms with Crippen molar-refractivity contribution in [3.63, 3.8) is 0 Å². The molecule has 0 saturated carbocycles. The van der Waals surface area contributed by atoms with Gasteiger partial charge in [0.15, 0.2) is 11.5 Å². The highest BCUT2D eigenvalue weighted by Crippen LogP contribution is 2.30. The molecule has 6 heteroatoms. The third kappa shape index (κ3) is 2.58. The molecule has 3 rings (SSSR count). The van der Waals surface area contributed by atoms with Crippen molar-refractivity contribution in [3.8, 4) is 5.75 Å². The normalized spacial score (nSPS) is 10.6. The zero-order valence-corrected chi connectivity index (χ0v) is 13.1. The van der Waals surface area contributed by atoms with Crippen LogP contribution in [0.3, 0.4) is 0 Å². The van der Waals surface area contributed by atoms with Crippen LogP contribution in [0.15, 0.2) is 46.9 Å². The molecule has 0 radical (unpaired) electrons. The molecular formula is C18H15NO5. The SMILES string of the molecule is COC(=O)c1cccc(NC(=O)c2oc3ccccc3c2C)c1O. The summed E-state index contributed by atoms with van der Waals surface area (Å²) in [6.07, 6.45) is 0. The number of hydrogen-bond donors (Lipinski definition) is 2. The van der Waals surface area contributed by atoms with Gasteiger partial charge in [-0.2, -0.15) is 0 Å². The first-order valence-corrected chi connectivity index (χ1v) is 7.22. The molecule has 0 aliphatic carbocycles. The number of hydrogen-bond acceptors (Lipinski definition) is 5. The van der Waals surface area contributed by atoms with E-state index in [1.165, 1.54) is 25.3 Å². The largest absolute Gasteiger partial charge is 0.505 e. The van der Waals surface area contributed by atoms with Crippen molar-refractivity contribution in [1.82, 2.24) is 0 Å². The Labute approximate surface area is 137 Å². The number of aromatic hydroxyl groups is 1. The molecule has 0 aliphatic rings. The summed E-state index contributed by atoms with van der Waals surface area (Å²) in [7, 11) is 1.21. The van der Waals surface area contributed by atoms with E-state index < -0.39 is 11.9 Å². The Bertz CT molecular complexity index is 942. The molecule has 0 saturated heterocycles. The van der Waals surface area contributed by atoms with E-state index >= 15 is 0 Å². The van der Waals surface area contributed by atoms with E-state index in [0.29, 0.717) is 11.1 Å². The lowest BCUT2D eigenvalue weighted by Gasteiger charge is -2.09. The highest BCUT2D eigenvalue weighted by Gasteiger charge is 2.20. The monoisotopic (exact) mass is 325 g/mol. The number of furan rings is 1. The second-order valence-corrected chi connectivity index (χ2v) is 5.20. The summed E-state index contributed by atoms with van der Waals surface area (Å²) in [5, 5.41) is 13.5. The first-order valence-electron chi connectivity index (χ1n) is 7.22. The first-order chi connectivity index (χ1) is 11.5. The fraction of sp³-hybridized carbons (Fsp3) is 0.111. The summed E-state index contributed by atoms with van der Waals surface area (Å²) >= 11 is 0. The maximum atomic E-state index is 12.5. The number of carbonyl (C=O) groups excluding carboxylic acids is 2. The first kappa shape index (κ1) is 15.6. The van der Waals surface area contributed by atoms with Crippen LogP contribution in [0.25, 0.3) is 11.0 Å². The number of carbonyl (C=O) groups is 2. The van der Waals surface area contributed by atoms with Crippen LogP contribution in [0, 0.1) is 6.92 Å². The molecule has 24 heavy (non-hydrogen) atoms. The lowest BCUT2D eigenvalue weighted by atomic mass is 10.1. The Morgan fingerprint density at radius 3 is 2.58 bits per heavy atom. The molecule has 0 aliphatic heterocycles. The lowest BCUT2D eigenvalue weighted by molar-refractivity contribution is 0.0597. The van der Waals surface area contributed by atoms with Crippen LogP contribution >= 0.6 is 0 Å². The van der Waals surface area contributed by atoms with Crippen molar-refractivity contribution >= 4 is 28.5 Å². The number of phenolic OH excluding ortho intramolecular Hbond substituents is 1. The van der Waals surface area contributed by atoms with Crippen LogP contribution in [0.4, 0.5) is 5.69 Å². The van der Waals surface area contributed by atoms with Crippen LogP contribution in [0.5, 0.6) is 5.75 Å². The van der Waals surface area contributed by atoms with E-state index in [2.05, 4.69) is 10.1 Å². The van der Waals surface area contributed by atoms with Gasteiger partial charge in [0.1, 0.15) is 11.1 Å². The zero-order valence-electron chi connectivity index (χ0n) is 13.1. The van der Waals surface area contributed by atoms with Crippen molar-refractivity contribution in [1.29, 1.82) is 0 Å². The minimum absolute atomic E-state index is 0.0309. The van der Waals surface area contributed by atoms with Crippen LogP contribution in [-0.4, -0.2) is 24.1 Å². The smallest absolute Gasteiger partial charge is 0.341 e. The predicted molar refractivity (Wildman–Crippen MR) is 88.4 cm³/mol. The van der Waals surface area contributed by atoms with Crippen molar-refractivity contribution in [2.45, 2.75) is 6.92 Å². The van der Waals surface area contributed by atoms with Crippen molar-refractivity contribution < 1.29 is 23.8 Å². The number of fused-ring (bicyclic) bond motifs is 1. The number of methoxy groups -OCH3 is 1. The molecule has 0 spiro atoms. The fourth-order valence-electron chi connectivity index (χ4n) is 2.49. The van der Waals surface area contributed by atoms with Gasteiger partial charge in [0.2, 0.25) is 0 Å².